The molecule has 2 aromatic carbocycles. The normalized spacial score (nSPS) is 17.1. The smallest absolute Gasteiger partial charge is 0.150 e. The lowest BCUT2D eigenvalue weighted by Crippen LogP contribution is -2.54. The van der Waals surface area contributed by atoms with Crippen LogP contribution in [0.5, 0.6) is 0 Å². The molecule has 6 heteroatoms. The monoisotopic (exact) mass is 371 g/mol. The zero-order valence-corrected chi connectivity index (χ0v) is 15.3. The number of nitrogens with zero attached hydrogens (tertiary/aromatic N) is 1. The highest BCUT2D eigenvalue weighted by molar-refractivity contribution is 5.50. The number of halogens is 2. The standard InChI is InChI=1S/C21H23F2N3O/c1-15(17-5-3-2-4-6-17)26-21(7-9-27-10-8-21)14-25-20-18(22)11-16(13-24)12-19(20)23/h2-6,11-12,15,25-26H,7-10,14H2,1H3. The zero-order valence-electron chi connectivity index (χ0n) is 15.3. The molecule has 0 saturated carbocycles. The molecule has 142 valence electrons. The summed E-state index contributed by atoms with van der Waals surface area (Å²) in [4.78, 5) is 0. The number of anilines is 1. The van der Waals surface area contributed by atoms with E-state index in [0.29, 0.717) is 19.8 Å². The lowest BCUT2D eigenvalue weighted by molar-refractivity contribution is 0.0389. The van der Waals surface area contributed by atoms with Gasteiger partial charge in [0, 0.05) is 31.3 Å². The van der Waals surface area contributed by atoms with Crippen LogP contribution in [-0.2, 0) is 4.74 Å². The van der Waals surface area contributed by atoms with Crippen LogP contribution < -0.4 is 10.6 Å². The highest BCUT2D eigenvalue weighted by Crippen LogP contribution is 2.28. The fraction of sp³-hybridized carbons (Fsp3) is 0.381. The maximum Gasteiger partial charge on any atom is 0.150 e. The van der Waals surface area contributed by atoms with Crippen LogP contribution in [0.4, 0.5) is 14.5 Å². The van der Waals surface area contributed by atoms with Gasteiger partial charge < -0.3 is 15.4 Å². The summed E-state index contributed by atoms with van der Waals surface area (Å²) in [6.07, 6.45) is 1.47. The second kappa shape index (κ2) is 8.47. The van der Waals surface area contributed by atoms with E-state index in [1.165, 1.54) is 0 Å². The van der Waals surface area contributed by atoms with Crippen LogP contribution in [0.1, 0.15) is 36.9 Å². The number of nitrogens with one attached hydrogen (secondary N) is 2. The predicted molar refractivity (Wildman–Crippen MR) is 100 cm³/mol. The van der Waals surface area contributed by atoms with Crippen molar-refractivity contribution in [3.63, 3.8) is 0 Å². The molecule has 27 heavy (non-hydrogen) atoms. The molecule has 1 heterocycles. The summed E-state index contributed by atoms with van der Waals surface area (Å²) < 4.78 is 33.9. The molecule has 1 fully saturated rings. The van der Waals surface area contributed by atoms with Gasteiger partial charge >= 0.3 is 0 Å². The summed E-state index contributed by atoms with van der Waals surface area (Å²) in [7, 11) is 0. The van der Waals surface area contributed by atoms with Crippen molar-refractivity contribution in [2.24, 2.45) is 0 Å². The maximum atomic E-state index is 14.2. The van der Waals surface area contributed by atoms with Gasteiger partial charge in [0.05, 0.1) is 11.6 Å². The minimum atomic E-state index is -0.759. The van der Waals surface area contributed by atoms with E-state index in [2.05, 4.69) is 29.7 Å². The van der Waals surface area contributed by atoms with Crippen LogP contribution in [-0.4, -0.2) is 25.3 Å². The van der Waals surface area contributed by atoms with Crippen molar-refractivity contribution in [1.29, 1.82) is 5.26 Å². The number of rotatable bonds is 6. The van der Waals surface area contributed by atoms with Gasteiger partial charge in [-0.05, 0) is 37.5 Å². The Morgan fingerprint density at radius 2 is 1.78 bits per heavy atom. The summed E-state index contributed by atoms with van der Waals surface area (Å²) in [5, 5.41) is 15.4. The molecule has 1 saturated heterocycles. The first kappa shape index (κ1) is 19.3. The first-order valence-electron chi connectivity index (χ1n) is 9.06. The maximum absolute atomic E-state index is 14.2. The minimum Gasteiger partial charge on any atom is -0.381 e. The first-order valence-corrected chi connectivity index (χ1v) is 9.06. The third-order valence-electron chi connectivity index (χ3n) is 5.05. The molecule has 0 bridgehead atoms. The Kier molecular flexibility index (Phi) is 6.04. The molecular formula is C21H23F2N3O. The van der Waals surface area contributed by atoms with Crippen LogP contribution in [0.2, 0.25) is 0 Å². The molecule has 0 aliphatic carbocycles. The van der Waals surface area contributed by atoms with Gasteiger partial charge in [-0.3, -0.25) is 0 Å². The molecule has 1 unspecified atom stereocenters. The van der Waals surface area contributed by atoms with E-state index in [4.69, 9.17) is 10.00 Å². The Morgan fingerprint density at radius 3 is 2.37 bits per heavy atom. The molecule has 3 rings (SSSR count). The van der Waals surface area contributed by atoms with Crippen molar-refractivity contribution < 1.29 is 13.5 Å². The number of benzene rings is 2. The number of hydrogen-bond acceptors (Lipinski definition) is 4. The molecule has 1 atom stereocenters. The molecule has 0 aromatic heterocycles. The lowest BCUT2D eigenvalue weighted by Gasteiger charge is -2.41. The first-order chi connectivity index (χ1) is 13.0. The summed E-state index contributed by atoms with van der Waals surface area (Å²) in [5.41, 5.74) is 0.570. The fourth-order valence-corrected chi connectivity index (χ4v) is 3.48. The van der Waals surface area contributed by atoms with Gasteiger partial charge in [0.1, 0.15) is 5.69 Å². The molecule has 0 spiro atoms. The average molecular weight is 371 g/mol. The van der Waals surface area contributed by atoms with Crippen molar-refractivity contribution >= 4 is 5.69 Å². The van der Waals surface area contributed by atoms with Crippen LogP contribution >= 0.6 is 0 Å². The summed E-state index contributed by atoms with van der Waals surface area (Å²) in [6, 6.07) is 14.0. The fourth-order valence-electron chi connectivity index (χ4n) is 3.48. The van der Waals surface area contributed by atoms with E-state index in [0.717, 1.165) is 30.5 Å². The third kappa shape index (κ3) is 4.62. The zero-order chi connectivity index (χ0) is 19.3. The van der Waals surface area contributed by atoms with Gasteiger partial charge in [0.25, 0.3) is 0 Å². The van der Waals surface area contributed by atoms with Crippen LogP contribution in [0.15, 0.2) is 42.5 Å². The Bertz CT molecular complexity index is 791. The van der Waals surface area contributed by atoms with E-state index in [-0.39, 0.29) is 22.8 Å². The van der Waals surface area contributed by atoms with Gasteiger partial charge in [-0.15, -0.1) is 0 Å². The van der Waals surface area contributed by atoms with Gasteiger partial charge in [-0.25, -0.2) is 8.78 Å². The van der Waals surface area contributed by atoms with Crippen LogP contribution in [0, 0.1) is 23.0 Å². The molecule has 0 amide bonds. The summed E-state index contributed by atoms with van der Waals surface area (Å²) in [5.74, 6) is -1.52. The average Bonchev–Trinajstić information content (AvgIpc) is 2.68. The van der Waals surface area contributed by atoms with Crippen molar-refractivity contribution in [2.75, 3.05) is 25.1 Å². The Hall–Kier alpha value is -2.49. The van der Waals surface area contributed by atoms with Crippen molar-refractivity contribution in [3.8, 4) is 6.07 Å². The number of nitriles is 1. The van der Waals surface area contributed by atoms with Gasteiger partial charge in [-0.1, -0.05) is 30.3 Å². The predicted octanol–water partition coefficient (Wildman–Crippen LogP) is 4.15. The Balaban J connectivity index is 1.77. The quantitative estimate of drug-likeness (QED) is 0.801. The second-order valence-electron chi connectivity index (χ2n) is 6.95. The second-order valence-corrected chi connectivity index (χ2v) is 6.95. The summed E-state index contributed by atoms with van der Waals surface area (Å²) in [6.45, 7) is 3.62. The largest absolute Gasteiger partial charge is 0.381 e. The molecule has 4 nitrogen and oxygen atoms in total. The minimum absolute atomic E-state index is 0.0350. The van der Waals surface area contributed by atoms with Crippen molar-refractivity contribution in [3.05, 3.63) is 65.2 Å². The topological polar surface area (TPSA) is 57.1 Å². The van der Waals surface area contributed by atoms with E-state index >= 15 is 0 Å². The molecule has 1 aliphatic heterocycles. The molecular weight excluding hydrogens is 348 g/mol. The SMILES string of the molecule is CC(NC1(CNc2c(F)cc(C#N)cc2F)CCOCC1)c1ccccc1. The van der Waals surface area contributed by atoms with Gasteiger partial charge in [-0.2, -0.15) is 5.26 Å². The van der Waals surface area contributed by atoms with Crippen molar-refractivity contribution in [1.82, 2.24) is 5.32 Å². The summed E-state index contributed by atoms with van der Waals surface area (Å²) >= 11 is 0. The third-order valence-corrected chi connectivity index (χ3v) is 5.05. The highest BCUT2D eigenvalue weighted by atomic mass is 19.1. The highest BCUT2D eigenvalue weighted by Gasteiger charge is 2.34. The van der Waals surface area contributed by atoms with Gasteiger partial charge in [0.15, 0.2) is 11.6 Å². The van der Waals surface area contributed by atoms with Gasteiger partial charge in [0.2, 0.25) is 0 Å². The lowest BCUT2D eigenvalue weighted by atomic mass is 9.88. The van der Waals surface area contributed by atoms with E-state index < -0.39 is 11.6 Å². The Labute approximate surface area is 158 Å². The Morgan fingerprint density at radius 1 is 1.15 bits per heavy atom. The molecule has 2 N–H and O–H groups in total. The van der Waals surface area contributed by atoms with E-state index in [1.54, 1.807) is 6.07 Å². The van der Waals surface area contributed by atoms with Crippen LogP contribution in [0.25, 0.3) is 0 Å². The van der Waals surface area contributed by atoms with Crippen molar-refractivity contribution in [2.45, 2.75) is 31.3 Å². The number of hydrogen-bond donors (Lipinski definition) is 2. The van der Waals surface area contributed by atoms with E-state index in [1.807, 2.05) is 18.2 Å². The number of ether oxygens (including phenoxy) is 1. The molecule has 2 aromatic rings. The molecule has 0 radical (unpaired) electrons. The van der Waals surface area contributed by atoms with Crippen LogP contribution in [0.3, 0.4) is 0 Å². The molecule has 1 aliphatic rings. The van der Waals surface area contributed by atoms with E-state index in [9.17, 15) is 8.78 Å².